The lowest BCUT2D eigenvalue weighted by atomic mass is 10.2. The topological polar surface area (TPSA) is 34.9 Å². The monoisotopic (exact) mass is 234 g/mol. The van der Waals surface area contributed by atoms with Crippen molar-refractivity contribution in [2.45, 2.75) is 6.54 Å². The third kappa shape index (κ3) is 1.99. The zero-order valence-electron chi connectivity index (χ0n) is 8.69. The molecule has 0 bridgehead atoms. The highest BCUT2D eigenvalue weighted by Crippen LogP contribution is 2.07. The Labute approximate surface area is 98.0 Å². The number of nitrogens with zero attached hydrogens (tertiary/aromatic N) is 2. The van der Waals surface area contributed by atoms with Crippen LogP contribution in [0.2, 0.25) is 0 Å². The van der Waals surface area contributed by atoms with Gasteiger partial charge < -0.3 is 0 Å². The second-order valence-corrected chi connectivity index (χ2v) is 3.85. The number of allylic oxidation sites excluding steroid dienone is 1. The first-order valence-corrected chi connectivity index (χ1v) is 5.43. The Morgan fingerprint density at radius 1 is 1.44 bits per heavy atom. The number of hydrogen-bond donors (Lipinski definition) is 0. The number of alkyl halides is 1. The van der Waals surface area contributed by atoms with Crippen molar-refractivity contribution < 1.29 is 0 Å². The smallest absolute Gasteiger partial charge is 0.267 e. The van der Waals surface area contributed by atoms with Gasteiger partial charge in [-0.1, -0.05) is 24.8 Å². The van der Waals surface area contributed by atoms with E-state index in [1.165, 1.54) is 4.68 Å². The van der Waals surface area contributed by atoms with Crippen LogP contribution in [0.3, 0.4) is 0 Å². The van der Waals surface area contributed by atoms with Gasteiger partial charge in [0.15, 0.2) is 0 Å². The van der Waals surface area contributed by atoms with E-state index in [1.807, 2.05) is 18.2 Å². The van der Waals surface area contributed by atoms with Gasteiger partial charge in [0.1, 0.15) is 0 Å². The molecule has 0 saturated carbocycles. The molecule has 0 unspecified atom stereocenters. The first kappa shape index (κ1) is 10.9. The molecule has 1 aromatic carbocycles. The summed E-state index contributed by atoms with van der Waals surface area (Å²) in [6.07, 6.45) is 1.68. The Morgan fingerprint density at radius 3 is 2.94 bits per heavy atom. The van der Waals surface area contributed by atoms with Crippen LogP contribution < -0.4 is 5.56 Å². The molecule has 2 rings (SSSR count). The molecule has 0 radical (unpaired) electrons. The molecule has 0 atom stereocenters. The van der Waals surface area contributed by atoms with Crippen molar-refractivity contribution in [2.24, 2.45) is 0 Å². The Bertz CT molecular complexity index is 589. The number of benzene rings is 1. The minimum absolute atomic E-state index is 0.107. The number of halogens is 1. The maximum atomic E-state index is 12.0. The van der Waals surface area contributed by atoms with Gasteiger partial charge in [-0.3, -0.25) is 4.79 Å². The van der Waals surface area contributed by atoms with Gasteiger partial charge in [-0.15, -0.1) is 11.6 Å². The van der Waals surface area contributed by atoms with Crippen LogP contribution in [0.1, 0.15) is 0 Å². The van der Waals surface area contributed by atoms with E-state index < -0.39 is 0 Å². The summed E-state index contributed by atoms with van der Waals surface area (Å²) in [6.45, 7) is 4.13. The Kier molecular flexibility index (Phi) is 3.06. The Hall–Kier alpha value is -1.61. The molecule has 0 spiro atoms. The van der Waals surface area contributed by atoms with Crippen molar-refractivity contribution in [3.8, 4) is 0 Å². The van der Waals surface area contributed by atoms with Gasteiger partial charge in [0, 0.05) is 11.3 Å². The summed E-state index contributed by atoms with van der Waals surface area (Å²) in [5, 5.41) is 5.59. The summed E-state index contributed by atoms with van der Waals surface area (Å²) < 4.78 is 1.38. The van der Waals surface area contributed by atoms with E-state index in [4.69, 9.17) is 11.6 Å². The molecule has 0 fully saturated rings. The summed E-state index contributed by atoms with van der Waals surface area (Å²) >= 11 is 5.63. The van der Waals surface area contributed by atoms with E-state index in [0.717, 1.165) is 11.0 Å². The fraction of sp³-hybridized carbons (Fsp3) is 0.167. The minimum atomic E-state index is -0.107. The standard InChI is InChI=1S/C12H11ClN2O/c1-9(6-13)8-15-12(16)11-5-3-2-4-10(11)7-14-15/h2-5,7H,1,6,8H2. The summed E-state index contributed by atoms with van der Waals surface area (Å²) in [5.74, 6) is 0.334. The van der Waals surface area contributed by atoms with E-state index in [-0.39, 0.29) is 5.56 Å². The lowest BCUT2D eigenvalue weighted by molar-refractivity contribution is 0.641. The fourth-order valence-corrected chi connectivity index (χ4v) is 1.58. The molecule has 16 heavy (non-hydrogen) atoms. The summed E-state index contributed by atoms with van der Waals surface area (Å²) in [7, 11) is 0. The van der Waals surface area contributed by atoms with E-state index in [0.29, 0.717) is 17.8 Å². The first-order valence-electron chi connectivity index (χ1n) is 4.90. The average Bonchev–Trinajstić information content (AvgIpc) is 2.33. The molecule has 82 valence electrons. The van der Waals surface area contributed by atoms with Crippen molar-refractivity contribution in [1.29, 1.82) is 0 Å². The zero-order valence-corrected chi connectivity index (χ0v) is 9.44. The first-order chi connectivity index (χ1) is 7.72. The van der Waals surface area contributed by atoms with Crippen LogP contribution in [0, 0.1) is 0 Å². The molecule has 3 nitrogen and oxygen atoms in total. The number of hydrogen-bond acceptors (Lipinski definition) is 2. The number of aromatic nitrogens is 2. The predicted molar refractivity (Wildman–Crippen MR) is 65.9 cm³/mol. The van der Waals surface area contributed by atoms with E-state index in [2.05, 4.69) is 11.7 Å². The van der Waals surface area contributed by atoms with Gasteiger partial charge in [0.25, 0.3) is 5.56 Å². The largest absolute Gasteiger partial charge is 0.274 e. The molecular formula is C12H11ClN2O. The van der Waals surface area contributed by atoms with Gasteiger partial charge in [-0.25, -0.2) is 4.68 Å². The van der Waals surface area contributed by atoms with E-state index >= 15 is 0 Å². The highest BCUT2D eigenvalue weighted by molar-refractivity contribution is 6.19. The van der Waals surface area contributed by atoms with Gasteiger partial charge in [0.05, 0.1) is 18.1 Å². The van der Waals surface area contributed by atoms with Crippen molar-refractivity contribution >= 4 is 22.4 Å². The van der Waals surface area contributed by atoms with Crippen LogP contribution in [0.5, 0.6) is 0 Å². The highest BCUT2D eigenvalue weighted by atomic mass is 35.5. The maximum absolute atomic E-state index is 12.0. The zero-order chi connectivity index (χ0) is 11.5. The third-order valence-electron chi connectivity index (χ3n) is 2.32. The molecule has 1 heterocycles. The molecule has 0 aliphatic rings. The van der Waals surface area contributed by atoms with Crippen LogP contribution in [0.15, 0.2) is 47.4 Å². The number of fused-ring (bicyclic) bond motifs is 1. The summed E-state index contributed by atoms with van der Waals surface area (Å²) in [5.41, 5.74) is 0.663. The Balaban J connectivity index is 2.53. The number of rotatable bonds is 3. The summed E-state index contributed by atoms with van der Waals surface area (Å²) in [6, 6.07) is 7.37. The van der Waals surface area contributed by atoms with Crippen molar-refractivity contribution in [1.82, 2.24) is 9.78 Å². The van der Waals surface area contributed by atoms with Crippen molar-refractivity contribution in [3.05, 3.63) is 53.0 Å². The molecular weight excluding hydrogens is 224 g/mol. The lowest BCUT2D eigenvalue weighted by Gasteiger charge is -2.05. The summed E-state index contributed by atoms with van der Waals surface area (Å²) in [4.78, 5) is 12.0. The molecule has 1 aromatic heterocycles. The second-order valence-electron chi connectivity index (χ2n) is 3.58. The molecule has 4 heteroatoms. The average molecular weight is 235 g/mol. The predicted octanol–water partition coefficient (Wildman–Crippen LogP) is 2.19. The third-order valence-corrected chi connectivity index (χ3v) is 2.70. The van der Waals surface area contributed by atoms with Crippen LogP contribution in [0.4, 0.5) is 0 Å². The van der Waals surface area contributed by atoms with Crippen molar-refractivity contribution in [3.63, 3.8) is 0 Å². The fourth-order valence-electron chi connectivity index (χ4n) is 1.49. The lowest BCUT2D eigenvalue weighted by Crippen LogP contribution is -2.23. The highest BCUT2D eigenvalue weighted by Gasteiger charge is 2.03. The maximum Gasteiger partial charge on any atom is 0.274 e. The van der Waals surface area contributed by atoms with E-state index in [1.54, 1.807) is 12.3 Å². The van der Waals surface area contributed by atoms with Gasteiger partial charge in [-0.05, 0) is 11.6 Å². The van der Waals surface area contributed by atoms with Gasteiger partial charge in [-0.2, -0.15) is 5.10 Å². The van der Waals surface area contributed by atoms with Crippen LogP contribution in [-0.4, -0.2) is 15.7 Å². The second kappa shape index (κ2) is 4.49. The van der Waals surface area contributed by atoms with E-state index in [9.17, 15) is 4.79 Å². The minimum Gasteiger partial charge on any atom is -0.267 e. The van der Waals surface area contributed by atoms with Crippen LogP contribution in [0.25, 0.3) is 10.8 Å². The quantitative estimate of drug-likeness (QED) is 0.603. The molecule has 0 aliphatic heterocycles. The normalized spacial score (nSPS) is 10.6. The van der Waals surface area contributed by atoms with Crippen LogP contribution >= 0.6 is 11.6 Å². The van der Waals surface area contributed by atoms with Gasteiger partial charge >= 0.3 is 0 Å². The Morgan fingerprint density at radius 2 is 2.19 bits per heavy atom. The molecule has 0 amide bonds. The van der Waals surface area contributed by atoms with Crippen molar-refractivity contribution in [2.75, 3.05) is 5.88 Å². The van der Waals surface area contributed by atoms with Crippen LogP contribution in [-0.2, 0) is 6.54 Å². The van der Waals surface area contributed by atoms with Gasteiger partial charge in [0.2, 0.25) is 0 Å². The molecule has 0 aliphatic carbocycles. The molecule has 0 saturated heterocycles. The molecule has 0 N–H and O–H groups in total. The molecule has 2 aromatic rings. The SMILES string of the molecule is C=C(CCl)Cn1ncc2ccccc2c1=O.